The molecule has 1 amide bonds. The zero-order valence-electron chi connectivity index (χ0n) is 14.4. The van der Waals surface area contributed by atoms with Gasteiger partial charge in [-0.3, -0.25) is 9.59 Å². The van der Waals surface area contributed by atoms with Crippen molar-refractivity contribution < 1.29 is 14.3 Å². The highest BCUT2D eigenvalue weighted by Crippen LogP contribution is 2.15. The molecule has 0 aromatic heterocycles. The Morgan fingerprint density at radius 1 is 0.846 bits per heavy atom. The van der Waals surface area contributed by atoms with Gasteiger partial charge in [-0.2, -0.15) is 0 Å². The van der Waals surface area contributed by atoms with Gasteiger partial charge in [0.15, 0.2) is 12.4 Å². The molecule has 0 heterocycles. The van der Waals surface area contributed by atoms with Crippen LogP contribution in [0.15, 0.2) is 78.9 Å². The van der Waals surface area contributed by atoms with E-state index in [-0.39, 0.29) is 18.3 Å². The first kappa shape index (κ1) is 17.4. The van der Waals surface area contributed by atoms with E-state index in [0.717, 1.165) is 5.56 Å². The van der Waals surface area contributed by atoms with Gasteiger partial charge in [-0.05, 0) is 31.2 Å². The number of hydrogen-bond donors (Lipinski definition) is 1. The summed E-state index contributed by atoms with van der Waals surface area (Å²) in [6.45, 7) is 1.89. The lowest BCUT2D eigenvalue weighted by Crippen LogP contribution is -2.20. The van der Waals surface area contributed by atoms with Gasteiger partial charge in [0.05, 0.1) is 0 Å². The molecule has 130 valence electrons. The van der Waals surface area contributed by atoms with Gasteiger partial charge in [-0.15, -0.1) is 0 Å². The van der Waals surface area contributed by atoms with E-state index in [1.807, 2.05) is 49.4 Å². The minimum Gasteiger partial charge on any atom is -0.484 e. The van der Waals surface area contributed by atoms with Crippen LogP contribution in [0.1, 0.15) is 21.5 Å². The molecule has 0 radical (unpaired) electrons. The summed E-state index contributed by atoms with van der Waals surface area (Å²) in [6, 6.07) is 23.4. The summed E-state index contributed by atoms with van der Waals surface area (Å²) >= 11 is 0. The summed E-state index contributed by atoms with van der Waals surface area (Å²) in [6.07, 6.45) is 0. The second-order valence-electron chi connectivity index (χ2n) is 5.93. The SMILES string of the molecule is Cc1ccc(OCC(=O)Nc2cccc(C(=O)c3ccccc3)c2)cc1. The van der Waals surface area contributed by atoms with Gasteiger partial charge in [0.1, 0.15) is 5.75 Å². The number of carbonyl (C=O) groups excluding carboxylic acids is 2. The molecule has 0 saturated carbocycles. The number of rotatable bonds is 6. The van der Waals surface area contributed by atoms with Crippen molar-refractivity contribution in [2.75, 3.05) is 11.9 Å². The lowest BCUT2D eigenvalue weighted by molar-refractivity contribution is -0.118. The maximum Gasteiger partial charge on any atom is 0.262 e. The van der Waals surface area contributed by atoms with E-state index in [2.05, 4.69) is 5.32 Å². The number of ether oxygens (including phenoxy) is 1. The van der Waals surface area contributed by atoms with E-state index in [0.29, 0.717) is 22.6 Å². The van der Waals surface area contributed by atoms with Gasteiger partial charge in [-0.25, -0.2) is 0 Å². The van der Waals surface area contributed by atoms with Crippen LogP contribution in [-0.2, 0) is 4.79 Å². The number of benzene rings is 3. The van der Waals surface area contributed by atoms with Gasteiger partial charge < -0.3 is 10.1 Å². The van der Waals surface area contributed by atoms with Crippen LogP contribution >= 0.6 is 0 Å². The van der Waals surface area contributed by atoms with Crippen LogP contribution in [0.25, 0.3) is 0 Å². The number of carbonyl (C=O) groups is 2. The van der Waals surface area contributed by atoms with E-state index >= 15 is 0 Å². The fraction of sp³-hybridized carbons (Fsp3) is 0.0909. The molecule has 3 aromatic carbocycles. The fourth-order valence-electron chi connectivity index (χ4n) is 2.47. The molecule has 0 unspecified atom stereocenters. The summed E-state index contributed by atoms with van der Waals surface area (Å²) < 4.78 is 5.46. The molecule has 4 heteroatoms. The van der Waals surface area contributed by atoms with Gasteiger partial charge in [-0.1, -0.05) is 60.2 Å². The van der Waals surface area contributed by atoms with Crippen molar-refractivity contribution in [3.63, 3.8) is 0 Å². The third kappa shape index (κ3) is 4.57. The molecule has 4 nitrogen and oxygen atoms in total. The molecule has 26 heavy (non-hydrogen) atoms. The zero-order chi connectivity index (χ0) is 18.4. The molecule has 0 atom stereocenters. The Bertz CT molecular complexity index is 902. The predicted molar refractivity (Wildman–Crippen MR) is 102 cm³/mol. The van der Waals surface area contributed by atoms with Crippen molar-refractivity contribution in [3.8, 4) is 5.75 Å². The molecule has 3 rings (SSSR count). The average Bonchev–Trinajstić information content (AvgIpc) is 2.68. The van der Waals surface area contributed by atoms with Crippen LogP contribution < -0.4 is 10.1 Å². The molecule has 0 spiro atoms. The first-order chi connectivity index (χ1) is 12.6. The predicted octanol–water partition coefficient (Wildman–Crippen LogP) is 4.24. The summed E-state index contributed by atoms with van der Waals surface area (Å²) in [5.41, 5.74) is 2.82. The highest BCUT2D eigenvalue weighted by Gasteiger charge is 2.10. The highest BCUT2D eigenvalue weighted by atomic mass is 16.5. The quantitative estimate of drug-likeness (QED) is 0.680. The number of anilines is 1. The molecule has 0 saturated heterocycles. The second-order valence-corrected chi connectivity index (χ2v) is 5.93. The first-order valence-corrected chi connectivity index (χ1v) is 8.31. The van der Waals surface area contributed by atoms with E-state index in [9.17, 15) is 9.59 Å². The average molecular weight is 345 g/mol. The lowest BCUT2D eigenvalue weighted by atomic mass is 10.0. The molecular formula is C22H19NO3. The van der Waals surface area contributed by atoms with Crippen LogP contribution in [0.3, 0.4) is 0 Å². The van der Waals surface area contributed by atoms with E-state index < -0.39 is 0 Å². The van der Waals surface area contributed by atoms with Crippen molar-refractivity contribution in [2.45, 2.75) is 6.92 Å². The topological polar surface area (TPSA) is 55.4 Å². The van der Waals surface area contributed by atoms with Crippen molar-refractivity contribution in [1.29, 1.82) is 0 Å². The second kappa shape index (κ2) is 8.12. The van der Waals surface area contributed by atoms with Crippen LogP contribution in [0.2, 0.25) is 0 Å². The summed E-state index contributed by atoms with van der Waals surface area (Å²) in [5, 5.41) is 2.75. The normalized spacial score (nSPS) is 10.2. The monoisotopic (exact) mass is 345 g/mol. The van der Waals surface area contributed by atoms with Crippen LogP contribution in [0.4, 0.5) is 5.69 Å². The molecular weight excluding hydrogens is 326 g/mol. The van der Waals surface area contributed by atoms with E-state index in [4.69, 9.17) is 4.74 Å². The standard InChI is InChI=1S/C22H19NO3/c1-16-10-12-20(13-11-16)26-15-21(24)23-19-9-5-8-18(14-19)22(25)17-6-3-2-4-7-17/h2-14H,15H2,1H3,(H,23,24). The molecule has 0 bridgehead atoms. The van der Waals surface area contributed by atoms with Crippen LogP contribution in [0.5, 0.6) is 5.75 Å². The molecule has 1 N–H and O–H groups in total. The minimum atomic E-state index is -0.283. The Morgan fingerprint density at radius 2 is 1.54 bits per heavy atom. The fourth-order valence-corrected chi connectivity index (χ4v) is 2.47. The number of amides is 1. The van der Waals surface area contributed by atoms with E-state index in [1.165, 1.54) is 0 Å². The van der Waals surface area contributed by atoms with Crippen molar-refractivity contribution >= 4 is 17.4 Å². The Hall–Kier alpha value is -3.40. The molecule has 0 aliphatic heterocycles. The van der Waals surface area contributed by atoms with Gasteiger partial charge in [0, 0.05) is 16.8 Å². The smallest absolute Gasteiger partial charge is 0.262 e. The lowest BCUT2D eigenvalue weighted by Gasteiger charge is -2.09. The maximum absolute atomic E-state index is 12.5. The van der Waals surface area contributed by atoms with E-state index in [1.54, 1.807) is 36.4 Å². The van der Waals surface area contributed by atoms with Crippen LogP contribution in [0, 0.1) is 6.92 Å². The van der Waals surface area contributed by atoms with Gasteiger partial charge in [0.2, 0.25) is 0 Å². The Labute approximate surface area is 152 Å². The summed E-state index contributed by atoms with van der Waals surface area (Å²) in [7, 11) is 0. The van der Waals surface area contributed by atoms with Crippen molar-refractivity contribution in [1.82, 2.24) is 0 Å². The highest BCUT2D eigenvalue weighted by molar-refractivity contribution is 6.09. The van der Waals surface area contributed by atoms with Crippen LogP contribution in [-0.4, -0.2) is 18.3 Å². The molecule has 0 fully saturated rings. The number of aryl methyl sites for hydroxylation is 1. The molecule has 0 aliphatic rings. The third-order valence-corrected chi connectivity index (χ3v) is 3.84. The van der Waals surface area contributed by atoms with Crippen molar-refractivity contribution in [3.05, 3.63) is 95.6 Å². The maximum atomic E-state index is 12.5. The largest absolute Gasteiger partial charge is 0.484 e. The molecule has 3 aromatic rings. The van der Waals surface area contributed by atoms with Crippen molar-refractivity contribution in [2.24, 2.45) is 0 Å². The number of hydrogen-bond acceptors (Lipinski definition) is 3. The van der Waals surface area contributed by atoms with Gasteiger partial charge >= 0.3 is 0 Å². The minimum absolute atomic E-state index is 0.0856. The molecule has 0 aliphatic carbocycles. The Morgan fingerprint density at radius 3 is 2.27 bits per heavy atom. The third-order valence-electron chi connectivity index (χ3n) is 3.84. The summed E-state index contributed by atoms with van der Waals surface area (Å²) in [5.74, 6) is 0.270. The number of nitrogens with one attached hydrogen (secondary N) is 1. The zero-order valence-corrected chi connectivity index (χ0v) is 14.4. The first-order valence-electron chi connectivity index (χ1n) is 8.31. The van der Waals surface area contributed by atoms with Gasteiger partial charge in [0.25, 0.3) is 5.91 Å². The summed E-state index contributed by atoms with van der Waals surface area (Å²) in [4.78, 5) is 24.6. The Kier molecular flexibility index (Phi) is 5.44. The Balaban J connectivity index is 1.62. The number of ketones is 1.